The second-order valence-electron chi connectivity index (χ2n) is 2.04. The van der Waals surface area contributed by atoms with Gasteiger partial charge in [0.2, 0.25) is 0 Å². The molecule has 0 unspecified atom stereocenters. The standard InChI is InChI=1S/C6H2F3.K/c7-4-2-1-3-5(8)6(4)9;/h2-3H;. The van der Waals surface area contributed by atoms with Gasteiger partial charge in [0.1, 0.15) is 0 Å². The van der Waals surface area contributed by atoms with Crippen LogP contribution in [0.5, 0.6) is 0 Å². The van der Waals surface area contributed by atoms with Crippen molar-refractivity contribution < 1.29 is 13.2 Å². The first-order valence-corrected chi connectivity index (χ1v) is 4.28. The SMILES string of the molecule is Fc1c[c]([K])cc(F)c1F. The van der Waals surface area contributed by atoms with Crippen LogP contribution in [0.2, 0.25) is 0 Å². The van der Waals surface area contributed by atoms with Gasteiger partial charge in [-0.3, -0.25) is 0 Å². The molecule has 0 bridgehead atoms. The Bertz CT molecular complexity index is 236. The van der Waals surface area contributed by atoms with E-state index in [2.05, 4.69) is 0 Å². The van der Waals surface area contributed by atoms with Gasteiger partial charge in [-0.15, -0.1) is 0 Å². The van der Waals surface area contributed by atoms with Crippen molar-refractivity contribution in [2.75, 3.05) is 0 Å². The molecule has 0 radical (unpaired) electrons. The van der Waals surface area contributed by atoms with Gasteiger partial charge in [-0.2, -0.15) is 0 Å². The third kappa shape index (κ3) is 1.82. The molecular formula is C6H2F3K. The summed E-state index contributed by atoms with van der Waals surface area (Å²) >= 11 is 0.183. The van der Waals surface area contributed by atoms with Crippen molar-refractivity contribution in [3.05, 3.63) is 29.6 Å². The monoisotopic (exact) mass is 170 g/mol. The van der Waals surface area contributed by atoms with E-state index >= 15 is 0 Å². The van der Waals surface area contributed by atoms with Crippen molar-refractivity contribution in [2.24, 2.45) is 0 Å². The van der Waals surface area contributed by atoms with Gasteiger partial charge in [0.05, 0.1) is 0 Å². The van der Waals surface area contributed by atoms with Crippen LogP contribution in [0.4, 0.5) is 13.2 Å². The van der Waals surface area contributed by atoms with Crippen LogP contribution >= 0.6 is 0 Å². The van der Waals surface area contributed by atoms with Crippen LogP contribution in [0.1, 0.15) is 0 Å². The zero-order valence-corrected chi connectivity index (χ0v) is 8.41. The Morgan fingerprint density at radius 1 is 1.00 bits per heavy atom. The number of hydrogen-bond acceptors (Lipinski definition) is 0. The average molecular weight is 170 g/mol. The Balaban J connectivity index is 3.31. The number of hydrogen-bond donors (Lipinski definition) is 0. The van der Waals surface area contributed by atoms with E-state index in [9.17, 15) is 13.2 Å². The molecular weight excluding hydrogens is 168 g/mol. The number of halogens is 3. The average Bonchev–Trinajstić information content (AvgIpc) is 1.82. The Kier molecular flexibility index (Phi) is 2.94. The van der Waals surface area contributed by atoms with Gasteiger partial charge in [-0.1, -0.05) is 0 Å². The third-order valence-corrected chi connectivity index (χ3v) is 2.03. The summed E-state index contributed by atoms with van der Waals surface area (Å²) in [6, 6.07) is 2.05. The molecule has 0 fully saturated rings. The van der Waals surface area contributed by atoms with Crippen molar-refractivity contribution in [1.29, 1.82) is 0 Å². The van der Waals surface area contributed by atoms with E-state index in [1.807, 2.05) is 0 Å². The van der Waals surface area contributed by atoms with Crippen LogP contribution < -0.4 is -0.342 Å². The fourth-order valence-electron chi connectivity index (χ4n) is 0.682. The molecule has 0 saturated heterocycles. The van der Waals surface area contributed by atoms with Crippen molar-refractivity contribution in [3.63, 3.8) is 0 Å². The van der Waals surface area contributed by atoms with Gasteiger partial charge in [0, 0.05) is 0 Å². The van der Waals surface area contributed by atoms with Gasteiger partial charge in [-0.25, -0.2) is 0 Å². The molecule has 0 amide bonds. The Labute approximate surface area is 90.0 Å². The fourth-order valence-corrected chi connectivity index (χ4v) is 1.47. The van der Waals surface area contributed by atoms with E-state index in [1.54, 1.807) is 0 Å². The summed E-state index contributed by atoms with van der Waals surface area (Å²) in [5.41, 5.74) is 0. The zero-order chi connectivity index (χ0) is 7.72. The molecule has 0 aromatic heterocycles. The first-order chi connectivity index (χ1) is 4.61. The van der Waals surface area contributed by atoms with Crippen molar-refractivity contribution in [1.82, 2.24) is 0 Å². The molecule has 0 nitrogen and oxygen atoms in total. The Hall–Kier alpha value is 0.646. The molecule has 0 aliphatic rings. The molecule has 0 heterocycles. The molecule has 1 aromatic carbocycles. The fraction of sp³-hybridized carbons (Fsp3) is 0. The van der Waals surface area contributed by atoms with Crippen molar-refractivity contribution in [2.45, 2.75) is 0 Å². The summed E-state index contributed by atoms with van der Waals surface area (Å²) in [6.45, 7) is 0. The molecule has 0 aliphatic heterocycles. The Morgan fingerprint density at radius 3 is 1.80 bits per heavy atom. The maximum atomic E-state index is 12.3. The topological polar surface area (TPSA) is 0 Å². The molecule has 0 aliphatic carbocycles. The molecule has 0 N–H and O–H groups in total. The molecule has 1 rings (SSSR count). The summed E-state index contributed by atoms with van der Waals surface area (Å²) in [7, 11) is 0. The van der Waals surface area contributed by atoms with Crippen LogP contribution in [0.25, 0.3) is 0 Å². The molecule has 0 spiro atoms. The third-order valence-electron chi connectivity index (χ3n) is 1.13. The minimum atomic E-state index is -1.38. The first kappa shape index (κ1) is 8.74. The van der Waals surface area contributed by atoms with Gasteiger partial charge in [0.25, 0.3) is 0 Å². The number of benzene rings is 1. The van der Waals surface area contributed by atoms with E-state index in [-0.39, 0.29) is 49.0 Å². The van der Waals surface area contributed by atoms with Crippen LogP contribution in [-0.2, 0) is 0 Å². The van der Waals surface area contributed by atoms with Gasteiger partial charge in [0.15, 0.2) is 0 Å². The van der Waals surface area contributed by atoms with E-state index in [4.69, 9.17) is 0 Å². The molecule has 48 valence electrons. The number of rotatable bonds is 0. The van der Waals surface area contributed by atoms with Crippen LogP contribution in [-0.4, -0.2) is 49.0 Å². The molecule has 0 saturated carbocycles. The second-order valence-corrected chi connectivity index (χ2v) is 3.85. The summed E-state index contributed by atoms with van der Waals surface area (Å²) in [5.74, 6) is -3.57. The zero-order valence-electron chi connectivity index (χ0n) is 5.29. The van der Waals surface area contributed by atoms with E-state index < -0.39 is 17.5 Å². The van der Waals surface area contributed by atoms with Gasteiger partial charge in [-0.05, 0) is 0 Å². The van der Waals surface area contributed by atoms with Crippen LogP contribution in [0.3, 0.4) is 0 Å². The minimum absolute atomic E-state index is 0.183. The summed E-state index contributed by atoms with van der Waals surface area (Å²) in [4.78, 5) is 0. The van der Waals surface area contributed by atoms with E-state index in [0.29, 0.717) is -0.342 Å². The normalized spacial score (nSPS) is 10.1. The van der Waals surface area contributed by atoms with Gasteiger partial charge >= 0.3 is 91.4 Å². The van der Waals surface area contributed by atoms with E-state index in [0.717, 1.165) is 12.1 Å². The molecule has 0 atom stereocenters. The quantitative estimate of drug-likeness (QED) is 0.401. The second kappa shape index (κ2) is 3.36. The Morgan fingerprint density at radius 2 is 1.40 bits per heavy atom. The van der Waals surface area contributed by atoms with Crippen LogP contribution in [0.15, 0.2) is 12.1 Å². The summed E-state index contributed by atoms with van der Waals surface area (Å²) < 4.78 is 37.3. The van der Waals surface area contributed by atoms with Gasteiger partial charge < -0.3 is 0 Å². The predicted molar refractivity (Wildman–Crippen MR) is 31.7 cm³/mol. The summed E-state index contributed by atoms with van der Waals surface area (Å²) in [6.07, 6.45) is 0. The predicted octanol–water partition coefficient (Wildman–Crippen LogP) is 0.898. The molecule has 4 heteroatoms. The summed E-state index contributed by atoms with van der Waals surface area (Å²) in [5, 5.41) is 0. The van der Waals surface area contributed by atoms with Crippen molar-refractivity contribution >= 4 is 48.6 Å². The van der Waals surface area contributed by atoms with E-state index in [1.165, 1.54) is 0 Å². The first-order valence-electron chi connectivity index (χ1n) is 2.72. The van der Waals surface area contributed by atoms with Crippen molar-refractivity contribution in [3.8, 4) is 0 Å². The molecule has 10 heavy (non-hydrogen) atoms. The molecule has 1 aromatic rings. The van der Waals surface area contributed by atoms with Crippen LogP contribution in [0, 0.1) is 17.5 Å². The maximum absolute atomic E-state index is 12.3.